The number of pyridine rings is 1. The van der Waals surface area contributed by atoms with Crippen molar-refractivity contribution in [2.45, 2.75) is 38.6 Å². The molecule has 1 heterocycles. The number of hydrogen-bond acceptors (Lipinski definition) is 4. The molecule has 4 N–H and O–H groups in total. The second kappa shape index (κ2) is 6.41. The molecule has 22 heavy (non-hydrogen) atoms. The number of nitrogens with zero attached hydrogens (tertiary/aromatic N) is 3. The summed E-state index contributed by atoms with van der Waals surface area (Å²) in [5.74, 6) is 1.75. The van der Waals surface area contributed by atoms with Gasteiger partial charge in [-0.15, -0.1) is 12.4 Å². The Kier molecular flexibility index (Phi) is 4.77. The van der Waals surface area contributed by atoms with Crippen LogP contribution in [0.1, 0.15) is 32.6 Å². The van der Waals surface area contributed by atoms with E-state index in [1.54, 1.807) is 12.3 Å². The number of fused-ring (bicyclic) bond motifs is 2. The van der Waals surface area contributed by atoms with E-state index in [0.29, 0.717) is 11.8 Å². The summed E-state index contributed by atoms with van der Waals surface area (Å²) in [5, 5.41) is 14.7. The molecule has 0 saturated heterocycles. The van der Waals surface area contributed by atoms with Gasteiger partial charge in [-0.3, -0.25) is 5.32 Å². The van der Waals surface area contributed by atoms with Crippen LogP contribution in [0.3, 0.4) is 0 Å². The number of hydrogen-bond donors (Lipinski definition) is 3. The summed E-state index contributed by atoms with van der Waals surface area (Å²) in [4.78, 5) is 8.78. The van der Waals surface area contributed by atoms with E-state index in [2.05, 4.69) is 22.5 Å². The highest BCUT2D eigenvalue weighted by Gasteiger charge is 2.48. The lowest BCUT2D eigenvalue weighted by Gasteiger charge is -2.28. The van der Waals surface area contributed by atoms with Crippen LogP contribution in [0.5, 0.6) is 0 Å². The van der Waals surface area contributed by atoms with Gasteiger partial charge < -0.3 is 11.1 Å². The minimum absolute atomic E-state index is 0. The summed E-state index contributed by atoms with van der Waals surface area (Å²) in [6, 6.07) is 3.81. The number of rotatable bonds is 2. The van der Waals surface area contributed by atoms with Crippen LogP contribution < -0.4 is 16.4 Å². The van der Waals surface area contributed by atoms with Gasteiger partial charge in [-0.25, -0.2) is 9.98 Å². The molecular formula is C15H21ClN6. The van der Waals surface area contributed by atoms with E-state index in [9.17, 15) is 0 Å². The molecule has 2 aliphatic carbocycles. The molecule has 0 aliphatic heterocycles. The second-order valence-electron chi connectivity index (χ2n) is 6.33. The summed E-state index contributed by atoms with van der Waals surface area (Å²) < 4.78 is 0. The van der Waals surface area contributed by atoms with Gasteiger partial charge in [0.25, 0.3) is 0 Å². The van der Waals surface area contributed by atoms with Crippen LogP contribution in [-0.2, 0) is 0 Å². The summed E-state index contributed by atoms with van der Waals surface area (Å²) in [6.07, 6.45) is 8.50. The lowest BCUT2D eigenvalue weighted by Crippen LogP contribution is -2.33. The Labute approximate surface area is 136 Å². The van der Waals surface area contributed by atoms with Gasteiger partial charge in [-0.2, -0.15) is 5.26 Å². The highest BCUT2D eigenvalue weighted by Crippen LogP contribution is 2.55. The Balaban J connectivity index is 0.00000176. The van der Waals surface area contributed by atoms with E-state index in [1.807, 2.05) is 12.3 Å². The Morgan fingerprint density at radius 2 is 2.36 bits per heavy atom. The van der Waals surface area contributed by atoms with Crippen LogP contribution in [0, 0.1) is 22.8 Å². The molecule has 2 saturated carbocycles. The maximum absolute atomic E-state index is 8.91. The average Bonchev–Trinajstić information content (AvgIpc) is 2.97. The van der Waals surface area contributed by atoms with Crippen molar-refractivity contribution in [3.8, 4) is 6.19 Å². The predicted molar refractivity (Wildman–Crippen MR) is 89.6 cm³/mol. The van der Waals surface area contributed by atoms with Crippen molar-refractivity contribution in [1.29, 1.82) is 5.26 Å². The molecule has 0 spiro atoms. The Bertz CT molecular complexity index is 593. The van der Waals surface area contributed by atoms with Crippen molar-refractivity contribution in [3.05, 3.63) is 18.3 Å². The molecule has 2 fully saturated rings. The van der Waals surface area contributed by atoms with E-state index >= 15 is 0 Å². The first kappa shape index (κ1) is 16.4. The Morgan fingerprint density at radius 1 is 1.55 bits per heavy atom. The molecule has 3 rings (SSSR count). The number of guanidine groups is 1. The third-order valence-corrected chi connectivity index (χ3v) is 4.75. The van der Waals surface area contributed by atoms with Crippen LogP contribution in [0.25, 0.3) is 0 Å². The number of nitriles is 1. The molecular weight excluding hydrogens is 300 g/mol. The molecule has 3 atom stereocenters. The molecule has 6 nitrogen and oxygen atoms in total. The average molecular weight is 321 g/mol. The van der Waals surface area contributed by atoms with E-state index in [1.165, 1.54) is 19.3 Å². The van der Waals surface area contributed by atoms with Crippen LogP contribution in [0.15, 0.2) is 23.3 Å². The van der Waals surface area contributed by atoms with Crippen LogP contribution in [-0.4, -0.2) is 17.0 Å². The summed E-state index contributed by atoms with van der Waals surface area (Å²) in [6.45, 7) is 2.31. The molecule has 0 unspecified atom stereocenters. The lowest BCUT2D eigenvalue weighted by molar-refractivity contribution is 0.283. The van der Waals surface area contributed by atoms with Gasteiger partial charge in [0.1, 0.15) is 5.82 Å². The fourth-order valence-electron chi connectivity index (χ4n) is 3.63. The maximum Gasteiger partial charge on any atom is 0.209 e. The minimum Gasteiger partial charge on any atom is -0.384 e. The van der Waals surface area contributed by atoms with E-state index in [4.69, 9.17) is 16.0 Å². The first-order chi connectivity index (χ1) is 10.1. The Morgan fingerprint density at radius 3 is 2.91 bits per heavy atom. The molecule has 1 aromatic heterocycles. The third kappa shape index (κ3) is 3.25. The fourth-order valence-corrected chi connectivity index (χ4v) is 3.63. The minimum atomic E-state index is 0. The zero-order valence-electron chi connectivity index (χ0n) is 12.5. The quantitative estimate of drug-likeness (QED) is 0.336. The molecule has 118 valence electrons. The van der Waals surface area contributed by atoms with Crippen LogP contribution in [0.4, 0.5) is 11.5 Å². The zero-order valence-corrected chi connectivity index (χ0v) is 13.4. The topological polar surface area (TPSA) is 99.1 Å². The molecule has 0 radical (unpaired) electrons. The number of nitrogens with two attached hydrogens (primary N) is 1. The predicted octanol–water partition coefficient (Wildman–Crippen LogP) is 2.50. The van der Waals surface area contributed by atoms with Crippen LogP contribution in [0.2, 0.25) is 0 Å². The second-order valence-corrected chi connectivity index (χ2v) is 6.33. The van der Waals surface area contributed by atoms with E-state index < -0.39 is 0 Å². The van der Waals surface area contributed by atoms with Gasteiger partial charge >= 0.3 is 0 Å². The monoisotopic (exact) mass is 320 g/mol. The zero-order chi connectivity index (χ0) is 14.9. The fraction of sp³-hybridized carbons (Fsp3) is 0.533. The number of halogens is 1. The number of nitrogens with one attached hydrogen (secondary N) is 2. The highest BCUT2D eigenvalue weighted by molar-refractivity contribution is 5.94. The molecule has 7 heteroatoms. The van der Waals surface area contributed by atoms with Gasteiger partial charge in [0, 0.05) is 0 Å². The van der Waals surface area contributed by atoms with Gasteiger partial charge in [0.15, 0.2) is 6.19 Å². The first-order valence-corrected chi connectivity index (χ1v) is 7.30. The van der Waals surface area contributed by atoms with Crippen molar-refractivity contribution >= 4 is 29.9 Å². The van der Waals surface area contributed by atoms with Gasteiger partial charge in [0.05, 0.1) is 17.9 Å². The lowest BCUT2D eigenvalue weighted by atomic mass is 9.82. The van der Waals surface area contributed by atoms with Crippen molar-refractivity contribution in [2.24, 2.45) is 16.3 Å². The van der Waals surface area contributed by atoms with Gasteiger partial charge in [-0.1, -0.05) is 6.92 Å². The number of anilines is 2. The number of aromatic nitrogens is 1. The normalized spacial score (nSPS) is 29.5. The van der Waals surface area contributed by atoms with Crippen LogP contribution >= 0.6 is 12.4 Å². The Hall–Kier alpha value is -2.00. The first-order valence-electron chi connectivity index (χ1n) is 7.30. The van der Waals surface area contributed by atoms with E-state index in [0.717, 1.165) is 18.0 Å². The van der Waals surface area contributed by atoms with Crippen molar-refractivity contribution in [1.82, 2.24) is 10.3 Å². The van der Waals surface area contributed by atoms with Gasteiger partial charge in [0.2, 0.25) is 5.96 Å². The molecule has 2 bridgehead atoms. The summed E-state index contributed by atoms with van der Waals surface area (Å²) in [5.41, 5.74) is 6.62. The number of nitrogen functional groups attached to an aromatic ring is 1. The SMILES string of the molecule is C[C@]12CC[C@H](C[C@@H]1N=C(NC#N)Nc1ccc(N)nc1)C2.Cl. The van der Waals surface area contributed by atoms with Crippen molar-refractivity contribution in [3.63, 3.8) is 0 Å². The molecule has 2 aliphatic rings. The van der Waals surface area contributed by atoms with Crippen molar-refractivity contribution < 1.29 is 0 Å². The summed E-state index contributed by atoms with van der Waals surface area (Å²) in [7, 11) is 0. The molecule has 1 aromatic rings. The highest BCUT2D eigenvalue weighted by atomic mass is 35.5. The molecule has 0 aromatic carbocycles. The summed E-state index contributed by atoms with van der Waals surface area (Å²) >= 11 is 0. The smallest absolute Gasteiger partial charge is 0.209 e. The third-order valence-electron chi connectivity index (χ3n) is 4.75. The van der Waals surface area contributed by atoms with E-state index in [-0.39, 0.29) is 23.9 Å². The standard InChI is InChI=1S/C15H20N6.ClH/c1-15-5-4-10(7-15)6-12(15)21-14(19-9-16)20-11-2-3-13(17)18-8-11;/h2-3,8,10,12H,4-7H2,1H3,(H2,17,18)(H2,19,20,21);1H/t10-,12+,15-;/m1./s1. The van der Waals surface area contributed by atoms with Gasteiger partial charge in [-0.05, 0) is 49.1 Å². The molecule has 0 amide bonds. The van der Waals surface area contributed by atoms with Crippen molar-refractivity contribution in [2.75, 3.05) is 11.1 Å². The maximum atomic E-state index is 8.91. The largest absolute Gasteiger partial charge is 0.384 e. The number of aliphatic imine (C=N–C) groups is 1.